The zero-order valence-electron chi connectivity index (χ0n) is 15.3. The van der Waals surface area contributed by atoms with Crippen LogP contribution in [0.3, 0.4) is 0 Å². The van der Waals surface area contributed by atoms with E-state index in [-0.39, 0.29) is 12.5 Å². The van der Waals surface area contributed by atoms with Gasteiger partial charge in [0.25, 0.3) is 5.56 Å². The number of likely N-dealkylation sites (N-methyl/N-ethyl adjacent to an activating group) is 1. The molecule has 1 aliphatic heterocycles. The van der Waals surface area contributed by atoms with Gasteiger partial charge in [0.2, 0.25) is 11.8 Å². The maximum Gasteiger partial charge on any atom is 0.421 e. The van der Waals surface area contributed by atoms with Crippen LogP contribution in [-0.4, -0.2) is 77.9 Å². The molecule has 1 fully saturated rings. The van der Waals surface area contributed by atoms with E-state index >= 15 is 0 Å². The lowest BCUT2D eigenvalue weighted by Crippen LogP contribution is -2.41. The summed E-state index contributed by atoms with van der Waals surface area (Å²) in [4.78, 5) is 41.2. The van der Waals surface area contributed by atoms with Crippen LogP contribution in [0.4, 0.5) is 13.2 Å². The monoisotopic (exact) mass is 388 g/mol. The van der Waals surface area contributed by atoms with Gasteiger partial charge in [-0.05, 0) is 18.6 Å². The first-order valence-corrected chi connectivity index (χ1v) is 8.56. The molecule has 27 heavy (non-hydrogen) atoms. The Hall–Kier alpha value is -2.36. The Morgan fingerprint density at radius 1 is 1.11 bits per heavy atom. The van der Waals surface area contributed by atoms with Gasteiger partial charge >= 0.3 is 6.18 Å². The first kappa shape index (κ1) is 20.9. The van der Waals surface area contributed by atoms with Gasteiger partial charge in [-0.2, -0.15) is 13.2 Å². The number of alkyl halides is 3. The molecule has 0 atom stereocenters. The molecule has 2 rings (SSSR count). The number of hydrogen-bond donors (Lipinski definition) is 0. The summed E-state index contributed by atoms with van der Waals surface area (Å²) in [6.45, 7) is 1.73. The molecule has 7 nitrogen and oxygen atoms in total. The molecule has 0 spiro atoms. The van der Waals surface area contributed by atoms with Crippen LogP contribution >= 0.6 is 0 Å². The van der Waals surface area contributed by atoms with Crippen molar-refractivity contribution in [2.24, 2.45) is 0 Å². The lowest BCUT2D eigenvalue weighted by Gasteiger charge is -2.23. The second-order valence-corrected chi connectivity index (χ2v) is 6.65. The predicted molar refractivity (Wildman–Crippen MR) is 92.0 cm³/mol. The van der Waals surface area contributed by atoms with E-state index in [1.807, 2.05) is 4.90 Å². The average molecular weight is 388 g/mol. The van der Waals surface area contributed by atoms with Gasteiger partial charge in [-0.1, -0.05) is 0 Å². The van der Waals surface area contributed by atoms with Crippen LogP contribution in [0, 0.1) is 0 Å². The molecule has 2 amide bonds. The van der Waals surface area contributed by atoms with E-state index in [4.69, 9.17) is 0 Å². The van der Waals surface area contributed by atoms with Crippen molar-refractivity contribution >= 4 is 11.8 Å². The van der Waals surface area contributed by atoms with E-state index in [0.29, 0.717) is 38.7 Å². The number of halogens is 3. The molecule has 2 heterocycles. The van der Waals surface area contributed by atoms with Crippen LogP contribution in [0.25, 0.3) is 0 Å². The zero-order valence-corrected chi connectivity index (χ0v) is 15.3. The van der Waals surface area contributed by atoms with Gasteiger partial charge in [-0.25, -0.2) is 0 Å². The standard InChI is InChI=1S/C17H23F3N4O3/c1-21(2)14(25)11-22-6-4-8-23(10-9-22)15(26)12-24-7-3-5-13(16(24)27)17(18,19)20/h3,5,7H,4,6,8-12H2,1-2H3. The van der Waals surface area contributed by atoms with Crippen LogP contribution in [0.5, 0.6) is 0 Å². The van der Waals surface area contributed by atoms with E-state index in [2.05, 4.69) is 0 Å². The van der Waals surface area contributed by atoms with Crippen molar-refractivity contribution in [3.8, 4) is 0 Å². The van der Waals surface area contributed by atoms with E-state index in [0.717, 1.165) is 10.6 Å². The predicted octanol–water partition coefficient (Wildman–Crippen LogP) is 0.490. The molecule has 150 valence electrons. The van der Waals surface area contributed by atoms with Gasteiger partial charge in [0.05, 0.1) is 6.54 Å². The normalized spacial score (nSPS) is 16.1. The maximum atomic E-state index is 12.8. The van der Waals surface area contributed by atoms with E-state index < -0.39 is 29.8 Å². The fraction of sp³-hybridized carbons (Fsp3) is 0.588. The summed E-state index contributed by atoms with van der Waals surface area (Å²) in [5.41, 5.74) is -2.52. The van der Waals surface area contributed by atoms with Gasteiger partial charge < -0.3 is 14.4 Å². The number of amides is 2. The van der Waals surface area contributed by atoms with Crippen molar-refractivity contribution in [2.75, 3.05) is 46.8 Å². The molecule has 1 aromatic rings. The third kappa shape index (κ3) is 5.56. The Morgan fingerprint density at radius 2 is 1.81 bits per heavy atom. The third-order valence-electron chi connectivity index (χ3n) is 4.43. The highest BCUT2D eigenvalue weighted by Gasteiger charge is 2.34. The summed E-state index contributed by atoms with van der Waals surface area (Å²) >= 11 is 0. The number of nitrogens with zero attached hydrogens (tertiary/aromatic N) is 4. The quantitative estimate of drug-likeness (QED) is 0.753. The van der Waals surface area contributed by atoms with Crippen LogP contribution in [-0.2, 0) is 22.3 Å². The molecule has 0 unspecified atom stereocenters. The topological polar surface area (TPSA) is 65.9 Å². The largest absolute Gasteiger partial charge is 0.421 e. The van der Waals surface area contributed by atoms with Gasteiger partial charge in [0.15, 0.2) is 0 Å². The minimum absolute atomic E-state index is 0.0368. The lowest BCUT2D eigenvalue weighted by molar-refractivity contribution is -0.139. The molecule has 10 heteroatoms. The van der Waals surface area contributed by atoms with Crippen LogP contribution < -0.4 is 5.56 Å². The van der Waals surface area contributed by atoms with Crippen molar-refractivity contribution in [3.63, 3.8) is 0 Å². The number of pyridine rings is 1. The van der Waals surface area contributed by atoms with Crippen molar-refractivity contribution in [1.29, 1.82) is 0 Å². The molecule has 0 aliphatic carbocycles. The number of hydrogen-bond acceptors (Lipinski definition) is 4. The number of rotatable bonds is 4. The fourth-order valence-electron chi connectivity index (χ4n) is 2.83. The Balaban J connectivity index is 2.01. The second kappa shape index (κ2) is 8.55. The molecule has 0 saturated carbocycles. The first-order chi connectivity index (χ1) is 12.6. The highest BCUT2D eigenvalue weighted by molar-refractivity contribution is 5.78. The molecule has 0 radical (unpaired) electrons. The molecule has 1 aliphatic rings. The fourth-order valence-corrected chi connectivity index (χ4v) is 2.83. The van der Waals surface area contributed by atoms with Gasteiger partial charge in [-0.3, -0.25) is 19.3 Å². The summed E-state index contributed by atoms with van der Waals surface area (Å²) < 4.78 is 39.3. The van der Waals surface area contributed by atoms with Crippen molar-refractivity contribution in [2.45, 2.75) is 19.1 Å². The molecule has 1 aromatic heterocycles. The highest BCUT2D eigenvalue weighted by atomic mass is 19.4. The van der Waals surface area contributed by atoms with Gasteiger partial charge in [0.1, 0.15) is 12.1 Å². The van der Waals surface area contributed by atoms with Crippen LogP contribution in [0.1, 0.15) is 12.0 Å². The summed E-state index contributed by atoms with van der Waals surface area (Å²) in [6.07, 6.45) is -2.94. The average Bonchev–Trinajstić information content (AvgIpc) is 2.81. The van der Waals surface area contributed by atoms with Crippen LogP contribution in [0.2, 0.25) is 0 Å². The molecule has 0 N–H and O–H groups in total. The van der Waals surface area contributed by atoms with Crippen LogP contribution in [0.15, 0.2) is 23.1 Å². The van der Waals surface area contributed by atoms with Gasteiger partial charge in [0, 0.05) is 46.5 Å². The summed E-state index contributed by atoms with van der Waals surface area (Å²) in [6, 6.07) is 1.81. The van der Waals surface area contributed by atoms with Crippen molar-refractivity contribution in [3.05, 3.63) is 34.2 Å². The molecule has 1 saturated heterocycles. The van der Waals surface area contributed by atoms with E-state index in [1.165, 1.54) is 16.0 Å². The highest BCUT2D eigenvalue weighted by Crippen LogP contribution is 2.25. The summed E-state index contributed by atoms with van der Waals surface area (Å²) in [7, 11) is 3.34. The molecular weight excluding hydrogens is 365 g/mol. The Labute approximate surface area is 154 Å². The first-order valence-electron chi connectivity index (χ1n) is 8.56. The summed E-state index contributed by atoms with van der Waals surface area (Å²) in [5, 5.41) is 0. The SMILES string of the molecule is CN(C)C(=O)CN1CCCN(C(=O)Cn2cccc(C(F)(F)F)c2=O)CC1. The Morgan fingerprint density at radius 3 is 2.44 bits per heavy atom. The second-order valence-electron chi connectivity index (χ2n) is 6.65. The van der Waals surface area contributed by atoms with Crippen molar-refractivity contribution < 1.29 is 22.8 Å². The summed E-state index contributed by atoms with van der Waals surface area (Å²) in [5.74, 6) is -0.456. The van der Waals surface area contributed by atoms with E-state index in [9.17, 15) is 27.6 Å². The lowest BCUT2D eigenvalue weighted by atomic mass is 10.2. The Bertz CT molecular complexity index is 746. The molecular formula is C17H23F3N4O3. The third-order valence-corrected chi connectivity index (χ3v) is 4.43. The zero-order chi connectivity index (χ0) is 20.2. The minimum atomic E-state index is -4.76. The smallest absolute Gasteiger partial charge is 0.348 e. The van der Waals surface area contributed by atoms with Gasteiger partial charge in [-0.15, -0.1) is 0 Å². The molecule has 0 aromatic carbocycles. The number of carbonyl (C=O) groups is 2. The molecule has 0 bridgehead atoms. The Kier molecular flexibility index (Phi) is 6.63. The number of aromatic nitrogens is 1. The van der Waals surface area contributed by atoms with Crippen molar-refractivity contribution in [1.82, 2.24) is 19.3 Å². The minimum Gasteiger partial charge on any atom is -0.348 e. The van der Waals surface area contributed by atoms with E-state index in [1.54, 1.807) is 14.1 Å². The maximum absolute atomic E-state index is 12.8. The number of carbonyl (C=O) groups excluding carboxylic acids is 2.